The number of hydrogen-bond donors (Lipinski definition) is 1. The molecule has 0 saturated heterocycles. The van der Waals surface area contributed by atoms with Gasteiger partial charge in [-0.15, -0.1) is 11.3 Å². The van der Waals surface area contributed by atoms with Gasteiger partial charge in [0.2, 0.25) is 0 Å². The standard InChI is InChI=1S/C12H16BrN3S/c1-7(5-13)9(3)16-11-10-4-8(2)17-12(10)15-6-14-11/h4,6-7,9H,5H2,1-3H3,(H,14,15,16). The molecule has 2 aromatic rings. The Morgan fingerprint density at radius 2 is 2.18 bits per heavy atom. The van der Waals surface area contributed by atoms with Crippen molar-refractivity contribution in [3.8, 4) is 0 Å². The van der Waals surface area contributed by atoms with Crippen LogP contribution in [0.2, 0.25) is 0 Å². The van der Waals surface area contributed by atoms with E-state index in [0.29, 0.717) is 12.0 Å². The van der Waals surface area contributed by atoms with Gasteiger partial charge >= 0.3 is 0 Å². The number of fused-ring (bicyclic) bond motifs is 1. The molecule has 0 radical (unpaired) electrons. The largest absolute Gasteiger partial charge is 0.367 e. The maximum absolute atomic E-state index is 4.35. The third-order valence-electron chi connectivity index (χ3n) is 2.91. The molecule has 0 aromatic carbocycles. The predicted octanol–water partition coefficient (Wildman–Crippen LogP) is 3.83. The monoisotopic (exact) mass is 313 g/mol. The molecular formula is C12H16BrN3S. The molecular weight excluding hydrogens is 298 g/mol. The first-order chi connectivity index (χ1) is 8.11. The lowest BCUT2D eigenvalue weighted by atomic mass is 10.1. The minimum Gasteiger partial charge on any atom is -0.367 e. The first kappa shape index (κ1) is 12.8. The zero-order chi connectivity index (χ0) is 12.4. The highest BCUT2D eigenvalue weighted by molar-refractivity contribution is 9.09. The molecule has 2 atom stereocenters. The van der Waals surface area contributed by atoms with Gasteiger partial charge in [-0.3, -0.25) is 0 Å². The van der Waals surface area contributed by atoms with Crippen LogP contribution in [-0.2, 0) is 0 Å². The highest BCUT2D eigenvalue weighted by atomic mass is 79.9. The average molecular weight is 314 g/mol. The van der Waals surface area contributed by atoms with Gasteiger partial charge in [-0.2, -0.15) is 0 Å². The van der Waals surface area contributed by atoms with E-state index < -0.39 is 0 Å². The molecule has 2 rings (SSSR count). The summed E-state index contributed by atoms with van der Waals surface area (Å²) in [6.07, 6.45) is 1.63. The molecule has 92 valence electrons. The molecule has 2 aromatic heterocycles. The van der Waals surface area contributed by atoms with Gasteiger partial charge in [0.15, 0.2) is 0 Å². The van der Waals surface area contributed by atoms with Crippen LogP contribution in [0.4, 0.5) is 5.82 Å². The Kier molecular flexibility index (Phi) is 3.99. The minimum absolute atomic E-state index is 0.382. The van der Waals surface area contributed by atoms with Crippen molar-refractivity contribution in [3.05, 3.63) is 17.3 Å². The maximum Gasteiger partial charge on any atom is 0.138 e. The number of anilines is 1. The zero-order valence-corrected chi connectivity index (χ0v) is 12.6. The van der Waals surface area contributed by atoms with Crippen molar-refractivity contribution in [1.29, 1.82) is 0 Å². The fraction of sp³-hybridized carbons (Fsp3) is 0.500. The summed E-state index contributed by atoms with van der Waals surface area (Å²) in [5.41, 5.74) is 0. The summed E-state index contributed by atoms with van der Waals surface area (Å²) in [6.45, 7) is 6.49. The Morgan fingerprint density at radius 3 is 2.88 bits per heavy atom. The SMILES string of the molecule is Cc1cc2c(NC(C)C(C)CBr)ncnc2s1. The zero-order valence-electron chi connectivity index (χ0n) is 10.2. The number of aryl methyl sites for hydroxylation is 1. The summed E-state index contributed by atoms with van der Waals surface area (Å²) in [5.74, 6) is 1.50. The Morgan fingerprint density at radius 1 is 1.41 bits per heavy atom. The van der Waals surface area contributed by atoms with E-state index in [1.54, 1.807) is 17.7 Å². The highest BCUT2D eigenvalue weighted by Crippen LogP contribution is 2.28. The van der Waals surface area contributed by atoms with Gasteiger partial charge < -0.3 is 5.32 Å². The summed E-state index contributed by atoms with van der Waals surface area (Å²) in [6, 6.07) is 2.53. The van der Waals surface area contributed by atoms with Crippen molar-refractivity contribution >= 4 is 43.3 Å². The van der Waals surface area contributed by atoms with Crippen molar-refractivity contribution in [1.82, 2.24) is 9.97 Å². The van der Waals surface area contributed by atoms with Crippen LogP contribution < -0.4 is 5.32 Å². The van der Waals surface area contributed by atoms with Crippen LogP contribution in [0.5, 0.6) is 0 Å². The summed E-state index contributed by atoms with van der Waals surface area (Å²) >= 11 is 5.22. The normalized spacial score (nSPS) is 14.8. The van der Waals surface area contributed by atoms with E-state index in [1.807, 2.05) is 0 Å². The molecule has 0 fully saturated rings. The molecule has 2 unspecified atom stereocenters. The fourth-order valence-corrected chi connectivity index (χ4v) is 2.99. The minimum atomic E-state index is 0.382. The van der Waals surface area contributed by atoms with Crippen LogP contribution in [0, 0.1) is 12.8 Å². The lowest BCUT2D eigenvalue weighted by Crippen LogP contribution is -2.25. The maximum atomic E-state index is 4.35. The smallest absolute Gasteiger partial charge is 0.138 e. The number of hydrogen-bond acceptors (Lipinski definition) is 4. The van der Waals surface area contributed by atoms with Crippen LogP contribution in [0.1, 0.15) is 18.7 Å². The molecule has 0 spiro atoms. The quantitative estimate of drug-likeness (QED) is 0.872. The molecule has 0 bridgehead atoms. The molecule has 5 heteroatoms. The van der Waals surface area contributed by atoms with E-state index >= 15 is 0 Å². The molecule has 2 heterocycles. The van der Waals surface area contributed by atoms with Crippen molar-refractivity contribution < 1.29 is 0 Å². The summed E-state index contributed by atoms with van der Waals surface area (Å²) < 4.78 is 0. The molecule has 1 N–H and O–H groups in total. The number of rotatable bonds is 4. The van der Waals surface area contributed by atoms with Gasteiger partial charge in [0.05, 0.1) is 5.39 Å². The number of halogens is 1. The number of nitrogens with zero attached hydrogens (tertiary/aromatic N) is 2. The van der Waals surface area contributed by atoms with Gasteiger partial charge in [-0.1, -0.05) is 22.9 Å². The van der Waals surface area contributed by atoms with Gasteiger partial charge in [-0.25, -0.2) is 9.97 Å². The third-order valence-corrected chi connectivity index (χ3v) is 4.89. The van der Waals surface area contributed by atoms with Crippen molar-refractivity contribution in [2.24, 2.45) is 5.92 Å². The lowest BCUT2D eigenvalue weighted by Gasteiger charge is -2.20. The third kappa shape index (κ3) is 2.77. The lowest BCUT2D eigenvalue weighted by molar-refractivity contribution is 0.571. The molecule has 0 amide bonds. The van der Waals surface area contributed by atoms with Crippen LogP contribution in [0.25, 0.3) is 10.2 Å². The summed E-state index contributed by atoms with van der Waals surface area (Å²) in [7, 11) is 0. The molecule has 0 aliphatic rings. The molecule has 0 aliphatic heterocycles. The van der Waals surface area contributed by atoms with Crippen LogP contribution in [-0.4, -0.2) is 21.3 Å². The van der Waals surface area contributed by atoms with Crippen molar-refractivity contribution in [3.63, 3.8) is 0 Å². The van der Waals surface area contributed by atoms with E-state index in [4.69, 9.17) is 0 Å². The second-order valence-electron chi connectivity index (χ2n) is 4.36. The first-order valence-corrected chi connectivity index (χ1v) is 7.59. The molecule has 3 nitrogen and oxygen atoms in total. The van der Waals surface area contributed by atoms with E-state index in [9.17, 15) is 0 Å². The van der Waals surface area contributed by atoms with Crippen molar-refractivity contribution in [2.45, 2.75) is 26.8 Å². The second-order valence-corrected chi connectivity index (χ2v) is 6.25. The topological polar surface area (TPSA) is 37.8 Å². The highest BCUT2D eigenvalue weighted by Gasteiger charge is 2.13. The molecule has 17 heavy (non-hydrogen) atoms. The molecule has 0 aliphatic carbocycles. The Labute approximate surface area is 114 Å². The van der Waals surface area contributed by atoms with E-state index in [1.165, 1.54) is 4.88 Å². The van der Waals surface area contributed by atoms with E-state index in [0.717, 1.165) is 21.4 Å². The fourth-order valence-electron chi connectivity index (χ4n) is 1.58. The van der Waals surface area contributed by atoms with Gasteiger partial charge in [-0.05, 0) is 25.8 Å². The van der Waals surface area contributed by atoms with E-state index in [-0.39, 0.29) is 0 Å². The Balaban J connectivity index is 2.29. The predicted molar refractivity (Wildman–Crippen MR) is 78.2 cm³/mol. The van der Waals surface area contributed by atoms with Crippen LogP contribution in [0.3, 0.4) is 0 Å². The van der Waals surface area contributed by atoms with Crippen molar-refractivity contribution in [2.75, 3.05) is 10.6 Å². The first-order valence-electron chi connectivity index (χ1n) is 5.65. The van der Waals surface area contributed by atoms with Crippen LogP contribution >= 0.6 is 27.3 Å². The number of aromatic nitrogens is 2. The van der Waals surface area contributed by atoms with E-state index in [2.05, 4.69) is 58.1 Å². The van der Waals surface area contributed by atoms with Gasteiger partial charge in [0.25, 0.3) is 0 Å². The number of alkyl halides is 1. The number of nitrogens with one attached hydrogen (secondary N) is 1. The van der Waals surface area contributed by atoms with Gasteiger partial charge in [0, 0.05) is 16.2 Å². The summed E-state index contributed by atoms with van der Waals surface area (Å²) in [5, 5.41) is 5.59. The second kappa shape index (κ2) is 5.31. The average Bonchev–Trinajstić information content (AvgIpc) is 2.69. The summed E-state index contributed by atoms with van der Waals surface area (Å²) in [4.78, 5) is 11.0. The Hall–Kier alpha value is -0.680. The number of thiophene rings is 1. The van der Waals surface area contributed by atoms with Crippen LogP contribution in [0.15, 0.2) is 12.4 Å². The van der Waals surface area contributed by atoms with Gasteiger partial charge in [0.1, 0.15) is 17.0 Å². The Bertz CT molecular complexity index is 511. The molecule has 0 saturated carbocycles.